The van der Waals surface area contributed by atoms with Crippen molar-refractivity contribution in [1.82, 2.24) is 9.78 Å². The summed E-state index contributed by atoms with van der Waals surface area (Å²) in [6.45, 7) is 0. The number of para-hydroxylation sites is 1. The SMILES string of the molecule is COc1ccc([C@@H]2C[C@H](n3cccn3)OC(=O)[C@H]2c2ccccc2[N+](=O)[O-])cc1. The lowest BCUT2D eigenvalue weighted by atomic mass is 9.77. The number of carbonyl (C=O) groups is 1. The van der Waals surface area contributed by atoms with Crippen molar-refractivity contribution in [3.63, 3.8) is 0 Å². The average molecular weight is 393 g/mol. The van der Waals surface area contributed by atoms with E-state index in [0.29, 0.717) is 17.7 Å². The first-order valence-electron chi connectivity index (χ1n) is 9.15. The van der Waals surface area contributed by atoms with Gasteiger partial charge in [-0.3, -0.25) is 14.9 Å². The molecule has 8 nitrogen and oxygen atoms in total. The van der Waals surface area contributed by atoms with Crippen molar-refractivity contribution in [2.75, 3.05) is 7.11 Å². The van der Waals surface area contributed by atoms with Crippen LogP contribution in [-0.2, 0) is 9.53 Å². The molecule has 148 valence electrons. The molecule has 4 rings (SSSR count). The van der Waals surface area contributed by atoms with E-state index in [0.717, 1.165) is 5.56 Å². The molecule has 2 heterocycles. The molecule has 0 aliphatic carbocycles. The fourth-order valence-electron chi connectivity index (χ4n) is 3.83. The Balaban J connectivity index is 1.79. The predicted molar refractivity (Wildman–Crippen MR) is 104 cm³/mol. The third kappa shape index (κ3) is 3.56. The van der Waals surface area contributed by atoms with Crippen LogP contribution in [0.15, 0.2) is 67.0 Å². The first kappa shape index (κ1) is 18.7. The van der Waals surface area contributed by atoms with Crippen LogP contribution in [0.4, 0.5) is 5.69 Å². The number of rotatable bonds is 5. The molecule has 3 atom stereocenters. The first-order chi connectivity index (χ1) is 14.1. The number of hydrogen-bond acceptors (Lipinski definition) is 6. The smallest absolute Gasteiger partial charge is 0.316 e. The molecule has 3 aromatic rings. The Morgan fingerprint density at radius 3 is 2.59 bits per heavy atom. The molecule has 1 saturated heterocycles. The maximum Gasteiger partial charge on any atom is 0.316 e. The molecule has 1 fully saturated rings. The maximum absolute atomic E-state index is 13.1. The molecule has 1 aromatic heterocycles. The van der Waals surface area contributed by atoms with Crippen LogP contribution in [0.1, 0.15) is 35.6 Å². The van der Waals surface area contributed by atoms with Gasteiger partial charge in [-0.15, -0.1) is 0 Å². The van der Waals surface area contributed by atoms with Gasteiger partial charge < -0.3 is 9.47 Å². The molecule has 1 aliphatic heterocycles. The Kier molecular flexibility index (Phi) is 4.99. The van der Waals surface area contributed by atoms with Gasteiger partial charge in [0.05, 0.1) is 18.0 Å². The predicted octanol–water partition coefficient (Wildman–Crippen LogP) is 3.81. The van der Waals surface area contributed by atoms with Gasteiger partial charge in [0.1, 0.15) is 5.75 Å². The number of ether oxygens (including phenoxy) is 2. The Morgan fingerprint density at radius 1 is 1.17 bits per heavy atom. The molecule has 2 aromatic carbocycles. The van der Waals surface area contributed by atoms with Crippen molar-refractivity contribution < 1.29 is 19.2 Å². The van der Waals surface area contributed by atoms with E-state index in [1.165, 1.54) is 6.07 Å². The van der Waals surface area contributed by atoms with E-state index in [4.69, 9.17) is 9.47 Å². The quantitative estimate of drug-likeness (QED) is 0.371. The highest BCUT2D eigenvalue weighted by molar-refractivity contribution is 5.82. The summed E-state index contributed by atoms with van der Waals surface area (Å²) < 4.78 is 12.5. The van der Waals surface area contributed by atoms with Gasteiger partial charge in [0.15, 0.2) is 6.23 Å². The van der Waals surface area contributed by atoms with Gasteiger partial charge in [-0.25, -0.2) is 4.68 Å². The zero-order valence-corrected chi connectivity index (χ0v) is 15.7. The van der Waals surface area contributed by atoms with E-state index < -0.39 is 23.0 Å². The maximum atomic E-state index is 13.1. The molecule has 8 heteroatoms. The van der Waals surface area contributed by atoms with Crippen LogP contribution >= 0.6 is 0 Å². The lowest BCUT2D eigenvalue weighted by Crippen LogP contribution is -2.34. The van der Waals surface area contributed by atoms with E-state index in [9.17, 15) is 14.9 Å². The van der Waals surface area contributed by atoms with E-state index in [-0.39, 0.29) is 11.6 Å². The average Bonchev–Trinajstić information content (AvgIpc) is 3.28. The van der Waals surface area contributed by atoms with Gasteiger partial charge in [0.2, 0.25) is 0 Å². The van der Waals surface area contributed by atoms with E-state index in [1.54, 1.807) is 48.5 Å². The van der Waals surface area contributed by atoms with Crippen molar-refractivity contribution in [3.8, 4) is 5.75 Å². The summed E-state index contributed by atoms with van der Waals surface area (Å²) in [5.74, 6) is -0.931. The minimum Gasteiger partial charge on any atom is -0.497 e. The van der Waals surface area contributed by atoms with Gasteiger partial charge in [-0.1, -0.05) is 30.3 Å². The molecule has 29 heavy (non-hydrogen) atoms. The van der Waals surface area contributed by atoms with Crippen molar-refractivity contribution in [2.24, 2.45) is 0 Å². The number of hydrogen-bond donors (Lipinski definition) is 0. The second kappa shape index (κ2) is 7.75. The van der Waals surface area contributed by atoms with Crippen LogP contribution < -0.4 is 4.74 Å². The standard InChI is InChI=1S/C21H19N3O5/c1-28-15-9-7-14(8-10-15)17-13-19(23-12-4-11-22-23)29-21(25)20(17)16-5-2-3-6-18(16)24(26)27/h2-12,17,19-20H,13H2,1H3/t17-,19+,20-/m0/s1. The van der Waals surface area contributed by atoms with Crippen molar-refractivity contribution >= 4 is 11.7 Å². The first-order valence-corrected chi connectivity index (χ1v) is 9.15. The topological polar surface area (TPSA) is 96.5 Å². The molecule has 0 unspecified atom stereocenters. The fourth-order valence-corrected chi connectivity index (χ4v) is 3.83. The number of nitrogens with zero attached hydrogens (tertiary/aromatic N) is 3. The molecule has 0 amide bonds. The van der Waals surface area contributed by atoms with Gasteiger partial charge in [0, 0.05) is 36.4 Å². The van der Waals surface area contributed by atoms with Crippen LogP contribution in [0.2, 0.25) is 0 Å². The lowest BCUT2D eigenvalue weighted by Gasteiger charge is -2.35. The molecule has 0 saturated carbocycles. The van der Waals surface area contributed by atoms with E-state index in [1.807, 2.05) is 24.3 Å². The highest BCUT2D eigenvalue weighted by atomic mass is 16.6. The van der Waals surface area contributed by atoms with Gasteiger partial charge >= 0.3 is 5.97 Å². The Hall–Kier alpha value is -3.68. The number of nitro benzene ring substituents is 1. The molecular weight excluding hydrogens is 374 g/mol. The fraction of sp³-hybridized carbons (Fsp3) is 0.238. The van der Waals surface area contributed by atoms with Crippen LogP contribution in [0.5, 0.6) is 5.75 Å². The van der Waals surface area contributed by atoms with Gasteiger partial charge in [-0.05, 0) is 23.8 Å². The van der Waals surface area contributed by atoms with Crippen molar-refractivity contribution in [2.45, 2.75) is 24.5 Å². The molecule has 0 bridgehead atoms. The minimum atomic E-state index is -0.795. The third-order valence-electron chi connectivity index (χ3n) is 5.20. The van der Waals surface area contributed by atoms with Crippen molar-refractivity contribution in [1.29, 1.82) is 0 Å². The Bertz CT molecular complexity index is 1020. The summed E-state index contributed by atoms with van der Waals surface area (Å²) in [6, 6.07) is 15.5. The second-order valence-corrected chi connectivity index (χ2v) is 6.79. The van der Waals surface area contributed by atoms with Crippen LogP contribution in [0.25, 0.3) is 0 Å². The van der Waals surface area contributed by atoms with Gasteiger partial charge in [0.25, 0.3) is 5.69 Å². The number of nitro groups is 1. The molecule has 0 spiro atoms. The second-order valence-electron chi connectivity index (χ2n) is 6.79. The molecule has 1 aliphatic rings. The van der Waals surface area contributed by atoms with E-state index in [2.05, 4.69) is 5.10 Å². The van der Waals surface area contributed by atoms with E-state index >= 15 is 0 Å². The number of cyclic esters (lactones) is 1. The number of methoxy groups -OCH3 is 1. The normalized spacial score (nSPS) is 21.4. The molecule has 0 N–H and O–H groups in total. The number of esters is 1. The summed E-state index contributed by atoms with van der Waals surface area (Å²) >= 11 is 0. The summed E-state index contributed by atoms with van der Waals surface area (Å²) in [5.41, 5.74) is 1.13. The van der Waals surface area contributed by atoms with Crippen molar-refractivity contribution in [3.05, 3.63) is 88.2 Å². The summed E-state index contributed by atoms with van der Waals surface area (Å²) in [4.78, 5) is 24.2. The monoisotopic (exact) mass is 393 g/mol. The van der Waals surface area contributed by atoms with Gasteiger partial charge in [-0.2, -0.15) is 5.10 Å². The zero-order valence-electron chi connectivity index (χ0n) is 15.7. The Morgan fingerprint density at radius 2 is 1.93 bits per heavy atom. The zero-order chi connectivity index (χ0) is 20.4. The molecule has 0 radical (unpaired) electrons. The number of aromatic nitrogens is 2. The number of carbonyl (C=O) groups excluding carboxylic acids is 1. The lowest BCUT2D eigenvalue weighted by molar-refractivity contribution is -0.385. The highest BCUT2D eigenvalue weighted by Gasteiger charge is 2.43. The third-order valence-corrected chi connectivity index (χ3v) is 5.20. The highest BCUT2D eigenvalue weighted by Crippen LogP contribution is 2.46. The van der Waals surface area contributed by atoms with Crippen LogP contribution in [0.3, 0.4) is 0 Å². The summed E-state index contributed by atoms with van der Waals surface area (Å²) in [7, 11) is 1.58. The van der Waals surface area contributed by atoms with Crippen LogP contribution in [-0.4, -0.2) is 27.8 Å². The van der Waals surface area contributed by atoms with Crippen LogP contribution in [0, 0.1) is 10.1 Å². The summed E-state index contributed by atoms with van der Waals surface area (Å²) in [5, 5.41) is 15.8. The molecular formula is C21H19N3O5. The number of benzene rings is 2. The summed E-state index contributed by atoms with van der Waals surface area (Å²) in [6.07, 6.45) is 3.21. The minimum absolute atomic E-state index is 0.0921. The largest absolute Gasteiger partial charge is 0.497 e. The Labute approximate surface area is 166 Å².